The highest BCUT2D eigenvalue weighted by Crippen LogP contribution is 2.37. The van der Waals surface area contributed by atoms with Gasteiger partial charge in [0.15, 0.2) is 0 Å². The zero-order chi connectivity index (χ0) is 23.7. The molecule has 0 aromatic heterocycles. The average Bonchev–Trinajstić information content (AvgIpc) is 3.14. The van der Waals surface area contributed by atoms with Gasteiger partial charge in [-0.25, -0.2) is 8.78 Å². The molecule has 1 aliphatic rings. The summed E-state index contributed by atoms with van der Waals surface area (Å²) < 4.78 is 32.2. The van der Waals surface area contributed by atoms with E-state index >= 15 is 0 Å². The van der Waals surface area contributed by atoms with E-state index in [9.17, 15) is 18.4 Å². The van der Waals surface area contributed by atoms with Crippen molar-refractivity contribution in [3.8, 4) is 5.75 Å². The molecule has 0 unspecified atom stereocenters. The Bertz CT molecular complexity index is 1270. The molecule has 0 saturated heterocycles. The molecule has 0 saturated carbocycles. The van der Waals surface area contributed by atoms with Gasteiger partial charge in [-0.2, -0.15) is 10.1 Å². The Morgan fingerprint density at radius 1 is 1.06 bits per heavy atom. The van der Waals surface area contributed by atoms with Crippen LogP contribution in [0.4, 0.5) is 20.2 Å². The summed E-state index contributed by atoms with van der Waals surface area (Å²) in [6.45, 7) is 0. The minimum atomic E-state index is -0.866. The lowest BCUT2D eigenvalue weighted by atomic mass is 10.1. The maximum absolute atomic E-state index is 13.4. The fraction of sp³-hybridized carbons (Fsp3) is 0.0870. The van der Waals surface area contributed by atoms with E-state index < -0.39 is 17.5 Å². The number of carbonyl (C=O) groups is 2. The molecular formula is C23H15Cl2F2N3O3. The van der Waals surface area contributed by atoms with Gasteiger partial charge < -0.3 is 10.1 Å². The van der Waals surface area contributed by atoms with Crippen LogP contribution in [-0.2, 0) is 4.79 Å². The predicted molar refractivity (Wildman–Crippen MR) is 122 cm³/mol. The monoisotopic (exact) mass is 489 g/mol. The first kappa shape index (κ1) is 22.7. The third-order valence-electron chi connectivity index (χ3n) is 4.83. The maximum Gasteiger partial charge on any atom is 0.255 e. The molecular weight excluding hydrogens is 475 g/mol. The largest absolute Gasteiger partial charge is 0.495 e. The molecule has 0 atom stereocenters. The van der Waals surface area contributed by atoms with Crippen molar-refractivity contribution in [1.82, 2.24) is 0 Å². The molecule has 33 heavy (non-hydrogen) atoms. The van der Waals surface area contributed by atoms with Crippen LogP contribution in [0.15, 0.2) is 59.7 Å². The Morgan fingerprint density at radius 2 is 1.73 bits per heavy atom. The first-order valence-corrected chi connectivity index (χ1v) is 10.3. The number of amides is 2. The second-order valence-corrected chi connectivity index (χ2v) is 7.84. The van der Waals surface area contributed by atoms with E-state index in [1.807, 2.05) is 0 Å². The van der Waals surface area contributed by atoms with Gasteiger partial charge in [-0.05, 0) is 36.4 Å². The topological polar surface area (TPSA) is 71.0 Å². The molecule has 168 valence electrons. The van der Waals surface area contributed by atoms with Crippen LogP contribution in [0, 0.1) is 11.6 Å². The van der Waals surface area contributed by atoms with Gasteiger partial charge in [0.2, 0.25) is 0 Å². The number of ether oxygens (including phenoxy) is 1. The molecule has 6 nitrogen and oxygen atoms in total. The van der Waals surface area contributed by atoms with E-state index in [2.05, 4.69) is 10.4 Å². The summed E-state index contributed by atoms with van der Waals surface area (Å²) in [7, 11) is 1.40. The summed E-state index contributed by atoms with van der Waals surface area (Å²) in [5, 5.41) is 8.65. The Kier molecular flexibility index (Phi) is 6.31. The number of rotatable bonds is 5. The highest BCUT2D eigenvalue weighted by Gasteiger charge is 2.29. The number of para-hydroxylation sites is 1. The summed E-state index contributed by atoms with van der Waals surface area (Å²) in [6, 6.07) is 12.2. The van der Waals surface area contributed by atoms with E-state index in [0.29, 0.717) is 23.0 Å². The molecule has 1 N–H and O–H groups in total. The number of methoxy groups -OCH3 is 1. The molecule has 1 heterocycles. The number of nitrogens with one attached hydrogen (secondary N) is 1. The SMILES string of the molecule is COc1cc(C2=NN(c3c(Cl)cccc3Cl)C(=O)C2)ccc1NC(=O)c1cc(F)cc(F)c1. The zero-order valence-electron chi connectivity index (χ0n) is 17.0. The molecule has 0 fully saturated rings. The van der Waals surface area contributed by atoms with Crippen LogP contribution in [0.3, 0.4) is 0 Å². The molecule has 0 bridgehead atoms. The molecule has 0 radical (unpaired) electrons. The number of nitrogens with zero attached hydrogens (tertiary/aromatic N) is 2. The van der Waals surface area contributed by atoms with Crippen molar-refractivity contribution >= 4 is 52.1 Å². The first-order valence-electron chi connectivity index (χ1n) is 9.57. The van der Waals surface area contributed by atoms with E-state index in [1.165, 1.54) is 7.11 Å². The molecule has 10 heteroatoms. The molecule has 1 aliphatic heterocycles. The van der Waals surface area contributed by atoms with Gasteiger partial charge in [0.05, 0.1) is 35.0 Å². The van der Waals surface area contributed by atoms with Crippen LogP contribution < -0.4 is 15.1 Å². The van der Waals surface area contributed by atoms with Crippen LogP contribution in [0.1, 0.15) is 22.3 Å². The van der Waals surface area contributed by atoms with Crippen LogP contribution in [-0.4, -0.2) is 24.6 Å². The molecule has 0 spiro atoms. The molecule has 3 aromatic carbocycles. The van der Waals surface area contributed by atoms with Crippen molar-refractivity contribution in [2.45, 2.75) is 6.42 Å². The predicted octanol–water partition coefficient (Wildman–Crippen LogP) is 5.67. The molecule has 4 rings (SSSR count). The van der Waals surface area contributed by atoms with Crippen molar-refractivity contribution < 1.29 is 23.1 Å². The van der Waals surface area contributed by atoms with Gasteiger partial charge in [0.1, 0.15) is 23.1 Å². The lowest BCUT2D eigenvalue weighted by molar-refractivity contribution is -0.116. The van der Waals surface area contributed by atoms with E-state index in [-0.39, 0.29) is 39.4 Å². The van der Waals surface area contributed by atoms with Gasteiger partial charge in [-0.1, -0.05) is 35.3 Å². The standard InChI is InChI=1S/C23H15Cl2F2N3O3/c1-33-20-9-12(5-6-18(20)28-23(32)13-7-14(26)10-15(27)8-13)19-11-21(31)30(29-19)22-16(24)3-2-4-17(22)25/h2-10H,11H2,1H3,(H,28,32). The van der Waals surface area contributed by atoms with Crippen LogP contribution in [0.25, 0.3) is 0 Å². The Hall–Kier alpha value is -3.49. The lowest BCUT2D eigenvalue weighted by Gasteiger charge is -2.14. The number of anilines is 2. The summed E-state index contributed by atoms with van der Waals surface area (Å²) in [4.78, 5) is 25.0. The third-order valence-corrected chi connectivity index (χ3v) is 5.44. The molecule has 3 aromatic rings. The zero-order valence-corrected chi connectivity index (χ0v) is 18.5. The normalized spacial score (nSPS) is 13.2. The minimum absolute atomic E-state index is 0.00101. The van der Waals surface area contributed by atoms with Gasteiger partial charge in [-0.3, -0.25) is 9.59 Å². The molecule has 2 amide bonds. The van der Waals surface area contributed by atoms with E-state index in [1.54, 1.807) is 36.4 Å². The smallest absolute Gasteiger partial charge is 0.255 e. The van der Waals surface area contributed by atoms with Crippen molar-refractivity contribution in [2.75, 3.05) is 17.4 Å². The fourth-order valence-corrected chi connectivity index (χ4v) is 3.87. The van der Waals surface area contributed by atoms with E-state index in [4.69, 9.17) is 27.9 Å². The van der Waals surface area contributed by atoms with Crippen molar-refractivity contribution in [3.63, 3.8) is 0 Å². The number of halogens is 4. The Balaban J connectivity index is 1.62. The van der Waals surface area contributed by atoms with Gasteiger partial charge in [0, 0.05) is 17.2 Å². The van der Waals surface area contributed by atoms with Crippen LogP contribution in [0.5, 0.6) is 5.75 Å². The Morgan fingerprint density at radius 3 is 2.36 bits per heavy atom. The maximum atomic E-state index is 13.4. The van der Waals surface area contributed by atoms with E-state index in [0.717, 1.165) is 17.1 Å². The number of hydrogen-bond acceptors (Lipinski definition) is 4. The lowest BCUT2D eigenvalue weighted by Crippen LogP contribution is -2.20. The second kappa shape index (κ2) is 9.17. The minimum Gasteiger partial charge on any atom is -0.495 e. The summed E-state index contributed by atoms with van der Waals surface area (Å²) in [6.07, 6.45) is -0.00101. The van der Waals surface area contributed by atoms with Crippen molar-refractivity contribution in [2.24, 2.45) is 5.10 Å². The van der Waals surface area contributed by atoms with Gasteiger partial charge in [-0.15, -0.1) is 0 Å². The molecule has 0 aliphatic carbocycles. The summed E-state index contributed by atoms with van der Waals surface area (Å²) in [5.41, 5.74) is 1.39. The number of carbonyl (C=O) groups excluding carboxylic acids is 2. The average molecular weight is 490 g/mol. The summed E-state index contributed by atoms with van der Waals surface area (Å²) >= 11 is 12.4. The number of benzene rings is 3. The number of hydrogen-bond donors (Lipinski definition) is 1. The highest BCUT2D eigenvalue weighted by molar-refractivity contribution is 6.40. The van der Waals surface area contributed by atoms with Crippen LogP contribution >= 0.6 is 23.2 Å². The van der Waals surface area contributed by atoms with Gasteiger partial charge >= 0.3 is 0 Å². The quantitative estimate of drug-likeness (QED) is 0.501. The van der Waals surface area contributed by atoms with Crippen molar-refractivity contribution in [3.05, 3.63) is 87.4 Å². The second-order valence-electron chi connectivity index (χ2n) is 7.03. The van der Waals surface area contributed by atoms with Crippen LogP contribution in [0.2, 0.25) is 10.0 Å². The third kappa shape index (κ3) is 4.67. The highest BCUT2D eigenvalue weighted by atomic mass is 35.5. The summed E-state index contributed by atoms with van der Waals surface area (Å²) in [5.74, 6) is -2.50. The Labute approximate surface area is 197 Å². The number of hydrazone groups is 1. The van der Waals surface area contributed by atoms with Crippen molar-refractivity contribution in [1.29, 1.82) is 0 Å². The van der Waals surface area contributed by atoms with Gasteiger partial charge in [0.25, 0.3) is 11.8 Å². The first-order chi connectivity index (χ1) is 15.8. The fourth-order valence-electron chi connectivity index (χ4n) is 3.31.